The standard InChI is InChI=1S/C30H36F2N4O5SSi/c1-16(41-43(6,7)30(3,4)5)15-40-23-13-18(31)12-20(32)24(23)25-26(33-28(37)19-8-11-42-27(19)25)21-14-22-17(2)35(29(38)39)9-10-36(22)34-21/h8,11-14,16-17H,9-10,15H2,1-7H3,(H,33,37)(H,38,39)/t16?,17-/m0/s1. The first-order chi connectivity index (χ1) is 20.1. The summed E-state index contributed by atoms with van der Waals surface area (Å²) in [5, 5.41) is 16.3. The minimum Gasteiger partial charge on any atom is -0.490 e. The van der Waals surface area contributed by atoms with Gasteiger partial charge in [0.2, 0.25) is 0 Å². The second-order valence-corrected chi connectivity index (χ2v) is 18.1. The summed E-state index contributed by atoms with van der Waals surface area (Å²) in [5.74, 6) is -1.69. The Morgan fingerprint density at radius 1 is 1.23 bits per heavy atom. The van der Waals surface area contributed by atoms with Gasteiger partial charge in [-0.05, 0) is 49.5 Å². The van der Waals surface area contributed by atoms with Crippen molar-refractivity contribution >= 4 is 35.8 Å². The lowest BCUT2D eigenvalue weighted by molar-refractivity contribution is 0.113. The maximum Gasteiger partial charge on any atom is 0.407 e. The second kappa shape index (κ2) is 11.2. The molecule has 5 rings (SSSR count). The van der Waals surface area contributed by atoms with Crippen LogP contribution in [0.1, 0.15) is 46.4 Å². The molecular weight excluding hydrogens is 595 g/mol. The summed E-state index contributed by atoms with van der Waals surface area (Å²) in [5.41, 5.74) is 1.12. The second-order valence-electron chi connectivity index (χ2n) is 12.5. The van der Waals surface area contributed by atoms with Crippen molar-refractivity contribution in [1.29, 1.82) is 0 Å². The van der Waals surface area contributed by atoms with Gasteiger partial charge >= 0.3 is 6.09 Å². The summed E-state index contributed by atoms with van der Waals surface area (Å²) in [7, 11) is -2.13. The van der Waals surface area contributed by atoms with Gasteiger partial charge in [0.05, 0.1) is 45.7 Å². The number of halogens is 2. The average molecular weight is 631 g/mol. The predicted octanol–water partition coefficient (Wildman–Crippen LogP) is 7.24. The fraction of sp³-hybridized carbons (Fsp3) is 0.433. The fourth-order valence-corrected chi connectivity index (χ4v) is 7.56. The molecule has 2 N–H and O–H groups in total. The Morgan fingerprint density at radius 2 is 1.95 bits per heavy atom. The normalized spacial score (nSPS) is 16.4. The van der Waals surface area contributed by atoms with Gasteiger partial charge < -0.3 is 19.3 Å². The van der Waals surface area contributed by atoms with Crippen molar-refractivity contribution in [3.05, 3.63) is 57.3 Å². The van der Waals surface area contributed by atoms with Crippen molar-refractivity contribution in [2.24, 2.45) is 0 Å². The highest BCUT2D eigenvalue weighted by Gasteiger charge is 2.38. The Balaban J connectivity index is 1.63. The van der Waals surface area contributed by atoms with Gasteiger partial charge in [-0.2, -0.15) is 5.10 Å². The lowest BCUT2D eigenvalue weighted by atomic mass is 9.98. The van der Waals surface area contributed by atoms with Crippen LogP contribution < -0.4 is 10.3 Å². The van der Waals surface area contributed by atoms with Crippen LogP contribution in [0.5, 0.6) is 5.75 Å². The zero-order chi connectivity index (χ0) is 31.4. The molecule has 3 aromatic heterocycles. The Kier molecular flexibility index (Phi) is 8.03. The molecular formula is C30H36F2N4O5SSi. The monoisotopic (exact) mass is 630 g/mol. The van der Waals surface area contributed by atoms with Crippen LogP contribution in [-0.4, -0.2) is 58.4 Å². The molecule has 1 aliphatic heterocycles. The molecule has 0 aliphatic carbocycles. The van der Waals surface area contributed by atoms with E-state index in [4.69, 9.17) is 9.16 Å². The molecule has 2 atom stereocenters. The SMILES string of the molecule is CC(COc1cc(F)cc(F)c1-c1c(-c2cc3n(n2)CCN(C(=O)O)[C@H]3C)[nH]c(=O)c2ccsc12)O[Si](C)(C)C(C)(C)C. The number of hydrogen-bond acceptors (Lipinski definition) is 6. The van der Waals surface area contributed by atoms with E-state index in [9.17, 15) is 19.1 Å². The molecule has 0 saturated carbocycles. The highest BCUT2D eigenvalue weighted by atomic mass is 32.1. The van der Waals surface area contributed by atoms with Crippen LogP contribution in [0.15, 0.2) is 34.4 Å². The third kappa shape index (κ3) is 5.73. The Hall–Kier alpha value is -3.55. The topological polar surface area (TPSA) is 110 Å². The molecule has 4 heterocycles. The van der Waals surface area contributed by atoms with E-state index in [0.29, 0.717) is 33.6 Å². The number of rotatable bonds is 7. The first-order valence-electron chi connectivity index (χ1n) is 14.1. The highest BCUT2D eigenvalue weighted by molar-refractivity contribution is 7.17. The van der Waals surface area contributed by atoms with Crippen molar-refractivity contribution in [2.75, 3.05) is 13.2 Å². The van der Waals surface area contributed by atoms with Gasteiger partial charge in [-0.1, -0.05) is 20.8 Å². The van der Waals surface area contributed by atoms with E-state index in [1.807, 2.05) is 6.92 Å². The van der Waals surface area contributed by atoms with Crippen LogP contribution in [0.4, 0.5) is 13.6 Å². The summed E-state index contributed by atoms with van der Waals surface area (Å²) in [4.78, 5) is 29.1. The molecule has 0 bridgehead atoms. The minimum atomic E-state index is -2.13. The van der Waals surface area contributed by atoms with Gasteiger partial charge in [-0.25, -0.2) is 13.6 Å². The average Bonchev–Trinajstić information content (AvgIpc) is 3.55. The number of nitrogens with one attached hydrogen (secondary N) is 1. The largest absolute Gasteiger partial charge is 0.490 e. The predicted molar refractivity (Wildman–Crippen MR) is 165 cm³/mol. The van der Waals surface area contributed by atoms with E-state index in [1.165, 1.54) is 16.2 Å². The lowest BCUT2D eigenvalue weighted by Crippen LogP contribution is -2.44. The Bertz CT molecular complexity index is 1760. The van der Waals surface area contributed by atoms with Crippen molar-refractivity contribution in [3.63, 3.8) is 0 Å². The number of thiophene rings is 1. The summed E-state index contributed by atoms with van der Waals surface area (Å²) in [6, 6.07) is 4.78. The first kappa shape index (κ1) is 30.9. The molecule has 0 spiro atoms. The number of fused-ring (bicyclic) bond motifs is 2. The quantitative estimate of drug-likeness (QED) is 0.208. The summed E-state index contributed by atoms with van der Waals surface area (Å²) < 4.78 is 45.2. The van der Waals surface area contributed by atoms with Crippen LogP contribution in [0.25, 0.3) is 32.6 Å². The van der Waals surface area contributed by atoms with Crippen LogP contribution >= 0.6 is 11.3 Å². The summed E-state index contributed by atoms with van der Waals surface area (Å²) >= 11 is 1.25. The molecule has 0 fully saturated rings. The highest BCUT2D eigenvalue weighted by Crippen LogP contribution is 2.44. The van der Waals surface area contributed by atoms with Crippen molar-refractivity contribution in [1.82, 2.24) is 19.7 Å². The van der Waals surface area contributed by atoms with Crippen LogP contribution in [0, 0.1) is 11.6 Å². The van der Waals surface area contributed by atoms with E-state index in [2.05, 4.69) is 43.9 Å². The molecule has 1 amide bonds. The number of nitrogens with zero attached hydrogens (tertiary/aromatic N) is 3. The molecule has 9 nitrogen and oxygen atoms in total. The number of hydrogen-bond donors (Lipinski definition) is 2. The van der Waals surface area contributed by atoms with Crippen molar-refractivity contribution in [3.8, 4) is 28.3 Å². The van der Waals surface area contributed by atoms with E-state index < -0.39 is 32.1 Å². The number of aromatic nitrogens is 3. The molecule has 1 aliphatic rings. The molecule has 13 heteroatoms. The minimum absolute atomic E-state index is 0.00851. The molecule has 0 saturated heterocycles. The number of aromatic amines is 1. The van der Waals surface area contributed by atoms with Crippen molar-refractivity contribution in [2.45, 2.75) is 71.4 Å². The Labute approximate surface area is 253 Å². The van der Waals surface area contributed by atoms with E-state index in [1.54, 1.807) is 29.1 Å². The molecule has 4 aromatic rings. The van der Waals surface area contributed by atoms with Gasteiger partial charge in [0.1, 0.15) is 29.7 Å². The van der Waals surface area contributed by atoms with Gasteiger partial charge in [-0.3, -0.25) is 14.4 Å². The number of pyridine rings is 1. The number of carboxylic acid groups (broad SMARTS) is 1. The van der Waals surface area contributed by atoms with Gasteiger partial charge in [0.15, 0.2) is 8.32 Å². The van der Waals surface area contributed by atoms with Crippen LogP contribution in [0.3, 0.4) is 0 Å². The maximum absolute atomic E-state index is 15.9. The molecule has 1 unspecified atom stereocenters. The van der Waals surface area contributed by atoms with Gasteiger partial charge in [0, 0.05) is 24.2 Å². The fourth-order valence-electron chi connectivity index (χ4n) is 5.18. The van der Waals surface area contributed by atoms with Crippen LogP contribution in [0.2, 0.25) is 18.1 Å². The zero-order valence-electron chi connectivity index (χ0n) is 25.2. The molecule has 230 valence electrons. The third-order valence-corrected chi connectivity index (χ3v) is 14.0. The van der Waals surface area contributed by atoms with Crippen molar-refractivity contribution < 1.29 is 27.8 Å². The van der Waals surface area contributed by atoms with E-state index >= 15 is 4.39 Å². The van der Waals surface area contributed by atoms with E-state index in [0.717, 1.165) is 12.1 Å². The molecule has 1 aromatic carbocycles. The first-order valence-corrected chi connectivity index (χ1v) is 17.9. The summed E-state index contributed by atoms with van der Waals surface area (Å²) in [6.07, 6.45) is -1.40. The Morgan fingerprint density at radius 3 is 2.63 bits per heavy atom. The smallest absolute Gasteiger partial charge is 0.407 e. The number of H-pyrrole nitrogens is 1. The van der Waals surface area contributed by atoms with Gasteiger partial charge in [-0.15, -0.1) is 11.3 Å². The van der Waals surface area contributed by atoms with Gasteiger partial charge in [0.25, 0.3) is 5.56 Å². The number of carbonyl (C=O) groups is 1. The van der Waals surface area contributed by atoms with E-state index in [-0.39, 0.29) is 46.9 Å². The number of amides is 1. The summed E-state index contributed by atoms with van der Waals surface area (Å²) in [6.45, 7) is 14.9. The lowest BCUT2D eigenvalue weighted by Gasteiger charge is -2.38. The number of ether oxygens (including phenoxy) is 1. The molecule has 0 radical (unpaired) electrons. The zero-order valence-corrected chi connectivity index (χ0v) is 27.1. The third-order valence-electron chi connectivity index (χ3n) is 8.43. The molecule has 43 heavy (non-hydrogen) atoms. The maximum atomic E-state index is 15.9. The number of benzene rings is 1. The van der Waals surface area contributed by atoms with Crippen LogP contribution in [-0.2, 0) is 11.0 Å².